The van der Waals surface area contributed by atoms with Gasteiger partial charge in [0, 0.05) is 12.6 Å². The molecular formula is C17H24N2O. The number of furan rings is 1. The van der Waals surface area contributed by atoms with Crippen molar-refractivity contribution in [2.75, 3.05) is 13.1 Å². The molecule has 2 unspecified atom stereocenters. The van der Waals surface area contributed by atoms with Gasteiger partial charge >= 0.3 is 0 Å². The smallest absolute Gasteiger partial charge is 0.117 e. The van der Waals surface area contributed by atoms with Gasteiger partial charge in [0.15, 0.2) is 0 Å². The molecule has 3 nitrogen and oxygen atoms in total. The van der Waals surface area contributed by atoms with Crippen molar-refractivity contribution in [1.29, 1.82) is 0 Å². The van der Waals surface area contributed by atoms with Crippen molar-refractivity contribution in [2.45, 2.75) is 26.4 Å². The number of hydrogen-bond acceptors (Lipinski definition) is 3. The Morgan fingerprint density at radius 3 is 2.50 bits per heavy atom. The third-order valence-corrected chi connectivity index (χ3v) is 3.75. The van der Waals surface area contributed by atoms with Crippen LogP contribution in [-0.4, -0.2) is 18.0 Å². The summed E-state index contributed by atoms with van der Waals surface area (Å²) in [6.07, 6.45) is 1.72. The lowest BCUT2D eigenvalue weighted by molar-refractivity contribution is 0.209. The third kappa shape index (κ3) is 3.95. The first-order valence-electron chi connectivity index (χ1n) is 7.26. The molecule has 1 aromatic heterocycles. The first-order valence-corrected chi connectivity index (χ1v) is 7.26. The minimum atomic E-state index is 0.0712. The summed E-state index contributed by atoms with van der Waals surface area (Å²) in [4.78, 5) is 2.37. The highest BCUT2D eigenvalue weighted by Gasteiger charge is 2.18. The quantitative estimate of drug-likeness (QED) is 0.839. The van der Waals surface area contributed by atoms with Crippen LogP contribution in [0, 0.1) is 5.92 Å². The Labute approximate surface area is 121 Å². The minimum absolute atomic E-state index is 0.0712. The Balaban J connectivity index is 1.93. The first kappa shape index (κ1) is 14.8. The van der Waals surface area contributed by atoms with Crippen molar-refractivity contribution < 1.29 is 4.42 Å². The molecule has 0 saturated heterocycles. The van der Waals surface area contributed by atoms with Gasteiger partial charge in [-0.2, -0.15) is 0 Å². The zero-order valence-electron chi connectivity index (χ0n) is 12.3. The van der Waals surface area contributed by atoms with E-state index in [1.165, 1.54) is 5.56 Å². The monoisotopic (exact) mass is 272 g/mol. The largest absolute Gasteiger partial charge is 0.468 e. The average Bonchev–Trinajstić information content (AvgIpc) is 2.99. The van der Waals surface area contributed by atoms with Crippen LogP contribution in [0.15, 0.2) is 53.1 Å². The maximum Gasteiger partial charge on any atom is 0.117 e. The maximum absolute atomic E-state index is 6.36. The second kappa shape index (κ2) is 7.27. The van der Waals surface area contributed by atoms with Gasteiger partial charge in [-0.15, -0.1) is 0 Å². The van der Waals surface area contributed by atoms with E-state index in [9.17, 15) is 0 Å². The number of nitrogens with two attached hydrogens (primary N) is 1. The fraction of sp³-hybridized carbons (Fsp3) is 0.412. The molecule has 0 aliphatic heterocycles. The molecule has 3 heteroatoms. The van der Waals surface area contributed by atoms with E-state index in [1.54, 1.807) is 6.26 Å². The molecule has 0 fully saturated rings. The highest BCUT2D eigenvalue weighted by atomic mass is 16.3. The van der Waals surface area contributed by atoms with Crippen LogP contribution < -0.4 is 5.73 Å². The zero-order valence-corrected chi connectivity index (χ0v) is 12.3. The van der Waals surface area contributed by atoms with Gasteiger partial charge in [-0.05, 0) is 30.2 Å². The lowest BCUT2D eigenvalue weighted by atomic mass is 9.95. The van der Waals surface area contributed by atoms with Crippen molar-refractivity contribution in [3.05, 3.63) is 60.1 Å². The number of benzene rings is 1. The van der Waals surface area contributed by atoms with E-state index in [-0.39, 0.29) is 6.04 Å². The summed E-state index contributed by atoms with van der Waals surface area (Å²) >= 11 is 0. The number of nitrogens with zero attached hydrogens (tertiary/aromatic N) is 1. The van der Waals surface area contributed by atoms with Crippen LogP contribution in [0.25, 0.3) is 0 Å². The zero-order chi connectivity index (χ0) is 14.4. The Hall–Kier alpha value is -1.58. The van der Waals surface area contributed by atoms with Crippen LogP contribution in [0.1, 0.15) is 31.2 Å². The van der Waals surface area contributed by atoms with Gasteiger partial charge in [-0.3, -0.25) is 4.90 Å². The minimum Gasteiger partial charge on any atom is -0.468 e. The molecule has 0 amide bonds. The van der Waals surface area contributed by atoms with E-state index in [1.807, 2.05) is 30.3 Å². The standard InChI is InChI=1S/C17H24N2O/c1-3-19(13-16-10-7-11-20-16)12-14(2)17(18)15-8-5-4-6-9-15/h4-11,14,17H,3,12-13,18H2,1-2H3. The highest BCUT2D eigenvalue weighted by Crippen LogP contribution is 2.20. The Morgan fingerprint density at radius 1 is 1.15 bits per heavy atom. The molecule has 20 heavy (non-hydrogen) atoms. The molecule has 1 heterocycles. The van der Waals surface area contributed by atoms with E-state index in [0.717, 1.165) is 25.4 Å². The van der Waals surface area contributed by atoms with Crippen LogP contribution in [0.5, 0.6) is 0 Å². The normalized spacial score (nSPS) is 14.4. The van der Waals surface area contributed by atoms with E-state index < -0.39 is 0 Å². The second-order valence-electron chi connectivity index (χ2n) is 5.32. The predicted octanol–water partition coefficient (Wildman–Crippen LogP) is 3.44. The average molecular weight is 272 g/mol. The fourth-order valence-electron chi connectivity index (χ4n) is 2.45. The molecule has 0 bridgehead atoms. The number of hydrogen-bond donors (Lipinski definition) is 1. The van der Waals surface area contributed by atoms with Gasteiger partial charge in [0.1, 0.15) is 5.76 Å². The Morgan fingerprint density at radius 2 is 1.90 bits per heavy atom. The summed E-state index contributed by atoms with van der Waals surface area (Å²) in [5.74, 6) is 1.40. The van der Waals surface area contributed by atoms with Gasteiger partial charge in [0.2, 0.25) is 0 Å². The SMILES string of the molecule is CCN(Cc1ccco1)CC(C)C(N)c1ccccc1. The summed E-state index contributed by atoms with van der Waals surface area (Å²) in [7, 11) is 0. The molecule has 2 N–H and O–H groups in total. The van der Waals surface area contributed by atoms with Crippen molar-refractivity contribution in [1.82, 2.24) is 4.90 Å². The molecule has 0 spiro atoms. The Bertz CT molecular complexity index is 481. The number of rotatable bonds is 7. The molecule has 2 aromatic rings. The lowest BCUT2D eigenvalue weighted by Crippen LogP contribution is -2.33. The van der Waals surface area contributed by atoms with Gasteiger partial charge in [-0.25, -0.2) is 0 Å². The molecule has 0 aliphatic carbocycles. The second-order valence-corrected chi connectivity index (χ2v) is 5.32. The molecule has 1 aromatic carbocycles. The molecule has 0 aliphatic rings. The van der Waals surface area contributed by atoms with E-state index in [4.69, 9.17) is 10.2 Å². The van der Waals surface area contributed by atoms with E-state index in [2.05, 4.69) is 30.9 Å². The molecule has 0 saturated carbocycles. The Kier molecular flexibility index (Phi) is 5.39. The van der Waals surface area contributed by atoms with Crippen molar-refractivity contribution in [2.24, 2.45) is 11.7 Å². The van der Waals surface area contributed by atoms with Crippen LogP contribution in [0.4, 0.5) is 0 Å². The third-order valence-electron chi connectivity index (χ3n) is 3.75. The molecule has 2 rings (SSSR count). The van der Waals surface area contributed by atoms with Crippen molar-refractivity contribution in [3.63, 3.8) is 0 Å². The molecule has 108 valence electrons. The lowest BCUT2D eigenvalue weighted by Gasteiger charge is -2.27. The van der Waals surface area contributed by atoms with Crippen LogP contribution in [0.2, 0.25) is 0 Å². The van der Waals surface area contributed by atoms with Crippen molar-refractivity contribution in [3.8, 4) is 0 Å². The van der Waals surface area contributed by atoms with E-state index in [0.29, 0.717) is 5.92 Å². The maximum atomic E-state index is 6.36. The highest BCUT2D eigenvalue weighted by molar-refractivity contribution is 5.19. The van der Waals surface area contributed by atoms with Gasteiger partial charge < -0.3 is 10.2 Å². The molecular weight excluding hydrogens is 248 g/mol. The van der Waals surface area contributed by atoms with Gasteiger partial charge in [-0.1, -0.05) is 44.2 Å². The summed E-state index contributed by atoms with van der Waals surface area (Å²) in [6, 6.07) is 14.3. The van der Waals surface area contributed by atoms with Crippen LogP contribution in [-0.2, 0) is 6.54 Å². The van der Waals surface area contributed by atoms with Gasteiger partial charge in [0.25, 0.3) is 0 Å². The van der Waals surface area contributed by atoms with Gasteiger partial charge in [0.05, 0.1) is 12.8 Å². The van der Waals surface area contributed by atoms with Crippen LogP contribution in [0.3, 0.4) is 0 Å². The van der Waals surface area contributed by atoms with Crippen LogP contribution >= 0.6 is 0 Å². The predicted molar refractivity (Wildman–Crippen MR) is 82.2 cm³/mol. The van der Waals surface area contributed by atoms with E-state index >= 15 is 0 Å². The molecule has 2 atom stereocenters. The topological polar surface area (TPSA) is 42.4 Å². The fourth-order valence-corrected chi connectivity index (χ4v) is 2.45. The first-order chi connectivity index (χ1) is 9.70. The summed E-state index contributed by atoms with van der Waals surface area (Å²) in [5.41, 5.74) is 7.57. The van der Waals surface area contributed by atoms with Crippen molar-refractivity contribution >= 4 is 0 Å². The summed E-state index contributed by atoms with van der Waals surface area (Å²) in [5, 5.41) is 0. The molecule has 0 radical (unpaired) electrons. The summed E-state index contributed by atoms with van der Waals surface area (Å²) < 4.78 is 5.42. The summed E-state index contributed by atoms with van der Waals surface area (Å²) in [6.45, 7) is 7.18.